The largest absolute Gasteiger partial charge is 0.497 e. The topological polar surface area (TPSA) is 102 Å². The summed E-state index contributed by atoms with van der Waals surface area (Å²) in [5.41, 5.74) is 2.01. The second-order valence-electron chi connectivity index (χ2n) is 8.41. The smallest absolute Gasteiger partial charge is 0.287 e. The van der Waals surface area contributed by atoms with Crippen molar-refractivity contribution < 1.29 is 23.4 Å². The zero-order valence-corrected chi connectivity index (χ0v) is 22.3. The fraction of sp³-hybridized carbons (Fsp3) is 0.423. The molecule has 11 heteroatoms. The maximum absolute atomic E-state index is 12.2. The van der Waals surface area contributed by atoms with Gasteiger partial charge in [-0.25, -0.2) is 9.97 Å². The third-order valence-corrected chi connectivity index (χ3v) is 6.77. The second-order valence-corrected chi connectivity index (χ2v) is 9.35. The molecule has 1 fully saturated rings. The molecule has 3 heterocycles. The van der Waals surface area contributed by atoms with Gasteiger partial charge >= 0.3 is 0 Å². The van der Waals surface area contributed by atoms with Gasteiger partial charge in [0.05, 0.1) is 31.8 Å². The Morgan fingerprint density at radius 3 is 2.46 bits per heavy atom. The van der Waals surface area contributed by atoms with Crippen molar-refractivity contribution in [2.75, 3.05) is 70.5 Å². The number of carbonyl (C=O) groups excluding carboxylic acids is 1. The van der Waals surface area contributed by atoms with Gasteiger partial charge in [-0.1, -0.05) is 11.8 Å². The van der Waals surface area contributed by atoms with Gasteiger partial charge in [0.15, 0.2) is 10.9 Å². The molecule has 1 aliphatic rings. The molecule has 198 valence electrons. The van der Waals surface area contributed by atoms with Gasteiger partial charge in [0.25, 0.3) is 5.91 Å². The summed E-state index contributed by atoms with van der Waals surface area (Å²) in [6, 6.07) is 13.6. The van der Waals surface area contributed by atoms with Crippen LogP contribution < -0.4 is 19.9 Å². The lowest BCUT2D eigenvalue weighted by Crippen LogP contribution is -2.46. The minimum Gasteiger partial charge on any atom is -0.497 e. The molecule has 0 saturated carbocycles. The van der Waals surface area contributed by atoms with Gasteiger partial charge in [0.2, 0.25) is 0 Å². The molecule has 4 rings (SSSR count). The van der Waals surface area contributed by atoms with Crippen LogP contribution >= 0.6 is 11.8 Å². The predicted molar refractivity (Wildman–Crippen MR) is 143 cm³/mol. The summed E-state index contributed by atoms with van der Waals surface area (Å²) in [5.74, 6) is 2.94. The van der Waals surface area contributed by atoms with Crippen LogP contribution in [-0.4, -0.2) is 76.5 Å². The van der Waals surface area contributed by atoms with E-state index >= 15 is 0 Å². The predicted octanol–water partition coefficient (Wildman–Crippen LogP) is 3.22. The maximum atomic E-state index is 12.2. The van der Waals surface area contributed by atoms with E-state index in [1.807, 2.05) is 18.2 Å². The van der Waals surface area contributed by atoms with Crippen LogP contribution in [0.3, 0.4) is 0 Å². The quantitative estimate of drug-likeness (QED) is 0.215. The molecule has 1 aromatic carbocycles. The average molecular weight is 528 g/mol. The lowest BCUT2D eigenvalue weighted by atomic mass is 10.2. The average Bonchev–Trinajstić information content (AvgIpc) is 3.42. The number of amides is 1. The number of furan rings is 1. The molecule has 0 radical (unpaired) electrons. The molecule has 0 spiro atoms. The molecule has 3 aromatic rings. The number of thioether (sulfide) groups is 1. The van der Waals surface area contributed by atoms with Crippen molar-refractivity contribution in [3.8, 4) is 5.75 Å². The van der Waals surface area contributed by atoms with Crippen LogP contribution in [0.1, 0.15) is 22.0 Å². The fourth-order valence-electron chi connectivity index (χ4n) is 3.96. The number of anilines is 2. The summed E-state index contributed by atoms with van der Waals surface area (Å²) in [5, 5.41) is 3.40. The first kappa shape index (κ1) is 26.8. The number of hydrogen-bond donors (Lipinski definition) is 1. The minimum absolute atomic E-state index is 0.261. The van der Waals surface area contributed by atoms with Crippen LogP contribution in [0, 0.1) is 0 Å². The molecule has 0 atom stereocenters. The first-order valence-corrected chi connectivity index (χ1v) is 13.1. The number of nitrogens with zero attached hydrogens (tertiary/aromatic N) is 4. The van der Waals surface area contributed by atoms with E-state index in [1.54, 1.807) is 33.5 Å². The summed E-state index contributed by atoms with van der Waals surface area (Å²) in [6.07, 6.45) is 0. The van der Waals surface area contributed by atoms with Crippen LogP contribution in [0.25, 0.3) is 0 Å². The molecule has 1 amide bonds. The zero-order chi connectivity index (χ0) is 26.0. The van der Waals surface area contributed by atoms with Crippen molar-refractivity contribution in [1.82, 2.24) is 15.3 Å². The van der Waals surface area contributed by atoms with E-state index < -0.39 is 0 Å². The second kappa shape index (κ2) is 13.3. The maximum Gasteiger partial charge on any atom is 0.287 e. The van der Waals surface area contributed by atoms with Gasteiger partial charge < -0.3 is 33.7 Å². The van der Waals surface area contributed by atoms with Crippen LogP contribution in [-0.2, 0) is 21.8 Å². The molecular formula is C26H33N5O5S. The number of benzene rings is 1. The normalized spacial score (nSPS) is 13.6. The summed E-state index contributed by atoms with van der Waals surface area (Å²) < 4.78 is 21.3. The van der Waals surface area contributed by atoms with Crippen molar-refractivity contribution in [2.45, 2.75) is 17.5 Å². The Morgan fingerprint density at radius 1 is 1.00 bits per heavy atom. The molecule has 1 N–H and O–H groups in total. The van der Waals surface area contributed by atoms with Gasteiger partial charge in [0.1, 0.15) is 17.3 Å². The Bertz CT molecular complexity index is 1150. The molecule has 0 unspecified atom stereocenters. The lowest BCUT2D eigenvalue weighted by molar-refractivity contribution is 0.0908. The first-order chi connectivity index (χ1) is 18.1. The molecule has 0 bridgehead atoms. The van der Waals surface area contributed by atoms with Crippen LogP contribution in [0.4, 0.5) is 11.5 Å². The number of ether oxygens (including phenoxy) is 3. The van der Waals surface area contributed by atoms with E-state index in [4.69, 9.17) is 23.6 Å². The number of carbonyl (C=O) groups is 1. The Balaban J connectivity index is 1.37. The highest BCUT2D eigenvalue weighted by molar-refractivity contribution is 7.98. The van der Waals surface area contributed by atoms with E-state index in [9.17, 15) is 4.79 Å². The molecule has 37 heavy (non-hydrogen) atoms. The number of methoxy groups -OCH3 is 3. The van der Waals surface area contributed by atoms with Gasteiger partial charge in [0, 0.05) is 58.7 Å². The standard InChI is InChI=1S/C26H33N5O5S/c1-33-15-10-27-25(32)23-9-8-22(36-23)18-37-26-28-19(17-34-2)16-24(29-26)31-13-11-30(12-14-31)20-4-6-21(35-3)7-5-20/h4-9,16H,10-15,17-18H2,1-3H3,(H,27,32). The van der Waals surface area contributed by atoms with Crippen molar-refractivity contribution in [1.29, 1.82) is 0 Å². The van der Waals surface area contributed by atoms with Gasteiger partial charge in [-0.2, -0.15) is 0 Å². The van der Waals surface area contributed by atoms with Crippen molar-refractivity contribution in [3.63, 3.8) is 0 Å². The summed E-state index contributed by atoms with van der Waals surface area (Å²) in [7, 11) is 4.92. The Kier molecular flexibility index (Phi) is 9.64. The minimum atomic E-state index is -0.261. The van der Waals surface area contributed by atoms with Gasteiger partial charge in [-0.05, 0) is 36.4 Å². The lowest BCUT2D eigenvalue weighted by Gasteiger charge is -2.37. The highest BCUT2D eigenvalue weighted by Crippen LogP contribution is 2.26. The third kappa shape index (κ3) is 7.37. The Hall–Kier alpha value is -3.28. The molecule has 0 aliphatic carbocycles. The van der Waals surface area contributed by atoms with E-state index in [1.165, 1.54) is 17.4 Å². The highest BCUT2D eigenvalue weighted by atomic mass is 32.2. The van der Waals surface area contributed by atoms with Crippen LogP contribution in [0.2, 0.25) is 0 Å². The van der Waals surface area contributed by atoms with Crippen molar-refractivity contribution in [2.24, 2.45) is 0 Å². The first-order valence-electron chi connectivity index (χ1n) is 12.1. The zero-order valence-electron chi connectivity index (χ0n) is 21.4. The van der Waals surface area contributed by atoms with Crippen LogP contribution in [0.5, 0.6) is 5.75 Å². The van der Waals surface area contributed by atoms with Crippen molar-refractivity contribution >= 4 is 29.2 Å². The van der Waals surface area contributed by atoms with Crippen LogP contribution in [0.15, 0.2) is 52.0 Å². The highest BCUT2D eigenvalue weighted by Gasteiger charge is 2.20. The summed E-state index contributed by atoms with van der Waals surface area (Å²) >= 11 is 1.47. The number of rotatable bonds is 12. The molecular weight excluding hydrogens is 494 g/mol. The monoisotopic (exact) mass is 527 g/mol. The van der Waals surface area contributed by atoms with Crippen molar-refractivity contribution in [3.05, 3.63) is 59.7 Å². The van der Waals surface area contributed by atoms with E-state index in [-0.39, 0.29) is 11.7 Å². The van der Waals surface area contributed by atoms with E-state index in [0.717, 1.165) is 43.4 Å². The Morgan fingerprint density at radius 2 is 1.76 bits per heavy atom. The summed E-state index contributed by atoms with van der Waals surface area (Å²) in [4.78, 5) is 26.3. The number of piperazine rings is 1. The summed E-state index contributed by atoms with van der Waals surface area (Å²) in [6.45, 7) is 4.75. The molecule has 1 aliphatic heterocycles. The fourth-order valence-corrected chi connectivity index (χ4v) is 4.73. The molecule has 2 aromatic heterocycles. The third-order valence-electron chi connectivity index (χ3n) is 5.90. The molecule has 1 saturated heterocycles. The number of hydrogen-bond acceptors (Lipinski definition) is 10. The SMILES string of the molecule is COCCNC(=O)c1ccc(CSc2nc(COC)cc(N3CCN(c4ccc(OC)cc4)CC3)n2)o1. The molecule has 10 nitrogen and oxygen atoms in total. The van der Waals surface area contributed by atoms with E-state index in [2.05, 4.69) is 32.2 Å². The Labute approximate surface area is 221 Å². The number of nitrogens with one attached hydrogen (secondary N) is 1. The number of aromatic nitrogens is 2. The van der Waals surface area contributed by atoms with Gasteiger partial charge in [-0.3, -0.25) is 4.79 Å². The van der Waals surface area contributed by atoms with E-state index in [0.29, 0.717) is 36.4 Å². The van der Waals surface area contributed by atoms with Gasteiger partial charge in [-0.15, -0.1) is 0 Å².